The number of carbonyl (C=O) groups is 2. The highest BCUT2D eigenvalue weighted by molar-refractivity contribution is 5.94. The summed E-state index contributed by atoms with van der Waals surface area (Å²) in [4.78, 5) is 27.6. The summed E-state index contributed by atoms with van der Waals surface area (Å²) in [7, 11) is 0. The molecule has 1 heterocycles. The van der Waals surface area contributed by atoms with Gasteiger partial charge in [-0.2, -0.15) is 0 Å². The van der Waals surface area contributed by atoms with Crippen LogP contribution >= 0.6 is 0 Å². The van der Waals surface area contributed by atoms with Crippen molar-refractivity contribution < 1.29 is 14.0 Å². The molecule has 27 heavy (non-hydrogen) atoms. The van der Waals surface area contributed by atoms with Crippen LogP contribution in [0.3, 0.4) is 0 Å². The third-order valence-corrected chi connectivity index (χ3v) is 3.97. The van der Waals surface area contributed by atoms with Gasteiger partial charge in [0.2, 0.25) is 0 Å². The van der Waals surface area contributed by atoms with Gasteiger partial charge < -0.3 is 10.6 Å². The predicted octanol–water partition coefficient (Wildman–Crippen LogP) is 4.10. The third kappa shape index (κ3) is 4.76. The first-order valence-corrected chi connectivity index (χ1v) is 8.38. The van der Waals surface area contributed by atoms with Crippen LogP contribution in [0.1, 0.15) is 33.3 Å². The average molecular weight is 363 g/mol. The fourth-order valence-corrected chi connectivity index (χ4v) is 2.46. The van der Waals surface area contributed by atoms with Crippen LogP contribution in [0.25, 0.3) is 0 Å². The molecule has 0 fully saturated rings. The number of amides is 1. The van der Waals surface area contributed by atoms with Gasteiger partial charge in [-0.3, -0.25) is 9.59 Å². The molecule has 0 aliphatic heterocycles. The van der Waals surface area contributed by atoms with Gasteiger partial charge in [0.1, 0.15) is 11.5 Å². The molecule has 0 unspecified atom stereocenters. The number of nitrogens with zero attached hydrogens (tertiary/aromatic N) is 1. The van der Waals surface area contributed by atoms with Crippen LogP contribution < -0.4 is 10.6 Å². The molecule has 5 nitrogen and oxygen atoms in total. The van der Waals surface area contributed by atoms with Gasteiger partial charge in [-0.15, -0.1) is 0 Å². The fraction of sp³-hybridized carbons (Fsp3) is 0.0952. The Hall–Kier alpha value is -3.54. The summed E-state index contributed by atoms with van der Waals surface area (Å²) in [5, 5.41) is 5.79. The number of carbonyl (C=O) groups excluding carboxylic acids is 2. The molecule has 0 atom stereocenters. The highest BCUT2D eigenvalue weighted by Crippen LogP contribution is 2.17. The smallest absolute Gasteiger partial charge is 0.270 e. The fourth-order valence-electron chi connectivity index (χ4n) is 2.46. The first-order chi connectivity index (χ1) is 13.0. The van der Waals surface area contributed by atoms with E-state index in [0.717, 1.165) is 5.69 Å². The molecule has 1 amide bonds. The number of rotatable bonds is 6. The van der Waals surface area contributed by atoms with E-state index in [1.807, 2.05) is 0 Å². The first kappa shape index (κ1) is 18.3. The highest BCUT2D eigenvalue weighted by Gasteiger charge is 2.09. The van der Waals surface area contributed by atoms with E-state index in [4.69, 9.17) is 0 Å². The van der Waals surface area contributed by atoms with Gasteiger partial charge in [-0.25, -0.2) is 9.37 Å². The molecule has 6 heteroatoms. The minimum Gasteiger partial charge on any atom is -0.354 e. The second-order valence-corrected chi connectivity index (χ2v) is 5.96. The molecule has 0 bridgehead atoms. The molecule has 0 saturated carbocycles. The van der Waals surface area contributed by atoms with Gasteiger partial charge in [0.25, 0.3) is 5.91 Å². The molecule has 0 spiro atoms. The van der Waals surface area contributed by atoms with E-state index in [-0.39, 0.29) is 29.7 Å². The van der Waals surface area contributed by atoms with Crippen molar-refractivity contribution >= 4 is 23.1 Å². The molecular weight excluding hydrogens is 345 g/mol. The van der Waals surface area contributed by atoms with Crippen LogP contribution in [-0.4, -0.2) is 16.7 Å². The lowest BCUT2D eigenvalue weighted by molar-refractivity contribution is 0.0944. The second kappa shape index (κ2) is 8.23. The minimum atomic E-state index is -0.379. The molecule has 3 aromatic rings. The van der Waals surface area contributed by atoms with E-state index < -0.39 is 0 Å². The average Bonchev–Trinajstić information content (AvgIpc) is 2.68. The maximum atomic E-state index is 13.6. The second-order valence-electron chi connectivity index (χ2n) is 5.96. The molecule has 0 radical (unpaired) electrons. The van der Waals surface area contributed by atoms with E-state index >= 15 is 0 Å². The van der Waals surface area contributed by atoms with E-state index in [9.17, 15) is 14.0 Å². The quantitative estimate of drug-likeness (QED) is 0.647. The van der Waals surface area contributed by atoms with Gasteiger partial charge in [0.05, 0.1) is 11.9 Å². The summed E-state index contributed by atoms with van der Waals surface area (Å²) in [6.07, 6.45) is 1.54. The Bertz CT molecular complexity index is 954. The number of nitrogens with one attached hydrogen (secondary N) is 2. The summed E-state index contributed by atoms with van der Waals surface area (Å²) in [6, 6.07) is 16.7. The summed E-state index contributed by atoms with van der Waals surface area (Å²) in [5.74, 6) is -0.731. The van der Waals surface area contributed by atoms with Crippen molar-refractivity contribution in [3.05, 3.63) is 89.5 Å². The van der Waals surface area contributed by atoms with Crippen LogP contribution in [0.4, 0.5) is 15.8 Å². The maximum Gasteiger partial charge on any atom is 0.270 e. The number of Topliss-reactive ketones (excluding diaryl/α,β-unsaturated/α-hetero) is 1. The lowest BCUT2D eigenvalue weighted by Crippen LogP contribution is -2.24. The van der Waals surface area contributed by atoms with Crippen molar-refractivity contribution in [2.45, 2.75) is 13.5 Å². The lowest BCUT2D eigenvalue weighted by atomic mass is 10.1. The van der Waals surface area contributed by atoms with Crippen molar-refractivity contribution in [2.24, 2.45) is 0 Å². The van der Waals surface area contributed by atoms with Gasteiger partial charge in [0, 0.05) is 23.4 Å². The molecule has 0 saturated heterocycles. The summed E-state index contributed by atoms with van der Waals surface area (Å²) >= 11 is 0. The first-order valence-electron chi connectivity index (χ1n) is 8.38. The standard InChI is InChI=1S/C21H18FN3O2/c1-14(26)15-6-8-17(9-7-15)25-18-10-11-20(23-13-18)21(27)24-12-16-4-2-3-5-19(16)22/h2-11,13,25H,12H2,1H3,(H,24,27). The van der Waals surface area contributed by atoms with Gasteiger partial charge in [-0.1, -0.05) is 18.2 Å². The summed E-state index contributed by atoms with van der Waals surface area (Å²) < 4.78 is 13.6. The number of benzene rings is 2. The zero-order chi connectivity index (χ0) is 19.2. The molecular formula is C21H18FN3O2. The zero-order valence-electron chi connectivity index (χ0n) is 14.7. The van der Waals surface area contributed by atoms with Crippen molar-refractivity contribution in [1.82, 2.24) is 10.3 Å². The summed E-state index contributed by atoms with van der Waals surface area (Å²) in [6.45, 7) is 1.61. The minimum absolute atomic E-state index is 0.00830. The Morgan fingerprint density at radius 1 is 0.963 bits per heavy atom. The number of halogens is 1. The Labute approximate surface area is 156 Å². The van der Waals surface area contributed by atoms with Crippen LogP contribution in [0.2, 0.25) is 0 Å². The van der Waals surface area contributed by atoms with E-state index in [1.165, 1.54) is 19.2 Å². The molecule has 2 aromatic carbocycles. The highest BCUT2D eigenvalue weighted by atomic mass is 19.1. The zero-order valence-corrected chi connectivity index (χ0v) is 14.7. The SMILES string of the molecule is CC(=O)c1ccc(Nc2ccc(C(=O)NCc3ccccc3F)nc2)cc1. The van der Waals surface area contributed by atoms with Crippen molar-refractivity contribution in [2.75, 3.05) is 5.32 Å². The van der Waals surface area contributed by atoms with Crippen molar-refractivity contribution in [3.8, 4) is 0 Å². The van der Waals surface area contributed by atoms with Crippen LogP contribution in [0.15, 0.2) is 66.9 Å². The largest absolute Gasteiger partial charge is 0.354 e. The predicted molar refractivity (Wildman–Crippen MR) is 102 cm³/mol. The van der Waals surface area contributed by atoms with Gasteiger partial charge in [-0.05, 0) is 49.4 Å². The number of aromatic nitrogens is 1. The maximum absolute atomic E-state index is 13.6. The molecule has 3 rings (SSSR count). The lowest BCUT2D eigenvalue weighted by Gasteiger charge is -2.08. The van der Waals surface area contributed by atoms with Gasteiger partial charge >= 0.3 is 0 Å². The van der Waals surface area contributed by atoms with E-state index in [0.29, 0.717) is 16.8 Å². The topological polar surface area (TPSA) is 71.1 Å². The van der Waals surface area contributed by atoms with Crippen LogP contribution in [-0.2, 0) is 6.54 Å². The Balaban J connectivity index is 1.60. The summed E-state index contributed by atoms with van der Waals surface area (Å²) in [5.41, 5.74) is 2.80. The Morgan fingerprint density at radius 2 is 1.67 bits per heavy atom. The molecule has 0 aliphatic rings. The number of anilines is 2. The number of hydrogen-bond acceptors (Lipinski definition) is 4. The Kier molecular flexibility index (Phi) is 5.56. The van der Waals surface area contributed by atoms with Crippen LogP contribution in [0.5, 0.6) is 0 Å². The molecule has 1 aromatic heterocycles. The number of hydrogen-bond donors (Lipinski definition) is 2. The van der Waals surface area contributed by atoms with E-state index in [1.54, 1.807) is 54.6 Å². The Morgan fingerprint density at radius 3 is 2.30 bits per heavy atom. The molecule has 136 valence electrons. The van der Waals surface area contributed by atoms with Crippen molar-refractivity contribution in [3.63, 3.8) is 0 Å². The molecule has 0 aliphatic carbocycles. The van der Waals surface area contributed by atoms with Crippen molar-refractivity contribution in [1.29, 1.82) is 0 Å². The van der Waals surface area contributed by atoms with Crippen LogP contribution in [0, 0.1) is 5.82 Å². The normalized spacial score (nSPS) is 10.3. The van der Waals surface area contributed by atoms with E-state index in [2.05, 4.69) is 15.6 Å². The number of ketones is 1. The molecule has 2 N–H and O–H groups in total. The third-order valence-electron chi connectivity index (χ3n) is 3.97. The number of pyridine rings is 1. The van der Waals surface area contributed by atoms with Gasteiger partial charge in [0.15, 0.2) is 5.78 Å². The monoisotopic (exact) mass is 363 g/mol.